The Balaban J connectivity index is 1.38. The van der Waals surface area contributed by atoms with Gasteiger partial charge in [-0.05, 0) is 48.9 Å². The standard InChI is InChI=1S/C19H19F2N5O2/c1-25-17(27)5-4-16(23-25)18-22-19(28-24-18)26-8-6-12(7-9-26)10-13-2-3-14(20)15(21)11-13/h2-5,11-12H,6-10H2,1H3. The number of rotatable bonds is 4. The van der Waals surface area contributed by atoms with Gasteiger partial charge in [0.2, 0.25) is 5.82 Å². The molecule has 0 atom stereocenters. The van der Waals surface area contributed by atoms with E-state index < -0.39 is 11.6 Å². The topological polar surface area (TPSA) is 77.1 Å². The summed E-state index contributed by atoms with van der Waals surface area (Å²) in [5.74, 6) is -0.914. The lowest BCUT2D eigenvalue weighted by molar-refractivity contribution is 0.362. The zero-order valence-corrected chi connectivity index (χ0v) is 15.3. The normalized spacial score (nSPS) is 15.2. The van der Waals surface area contributed by atoms with Gasteiger partial charge in [0.05, 0.1) is 0 Å². The Morgan fingerprint density at radius 1 is 1.14 bits per heavy atom. The maximum absolute atomic E-state index is 13.4. The van der Waals surface area contributed by atoms with Gasteiger partial charge in [0.25, 0.3) is 5.56 Å². The Morgan fingerprint density at radius 2 is 1.93 bits per heavy atom. The zero-order chi connectivity index (χ0) is 19.7. The molecular formula is C19H19F2N5O2. The summed E-state index contributed by atoms with van der Waals surface area (Å²) in [5.41, 5.74) is 1.05. The Bertz CT molecular complexity index is 1040. The molecule has 0 bridgehead atoms. The maximum Gasteiger partial charge on any atom is 0.324 e. The predicted octanol–water partition coefficient (Wildman–Crippen LogP) is 2.57. The molecule has 3 heterocycles. The third kappa shape index (κ3) is 3.78. The number of piperidine rings is 1. The molecule has 0 unspecified atom stereocenters. The van der Waals surface area contributed by atoms with Crippen molar-refractivity contribution in [1.82, 2.24) is 19.9 Å². The minimum atomic E-state index is -0.821. The van der Waals surface area contributed by atoms with Crippen LogP contribution in [0.2, 0.25) is 0 Å². The van der Waals surface area contributed by atoms with E-state index in [0.29, 0.717) is 29.9 Å². The zero-order valence-electron chi connectivity index (χ0n) is 15.3. The first-order valence-electron chi connectivity index (χ1n) is 9.07. The molecule has 1 aliphatic rings. The molecule has 4 rings (SSSR count). The predicted molar refractivity (Wildman–Crippen MR) is 97.8 cm³/mol. The van der Waals surface area contributed by atoms with E-state index in [2.05, 4.69) is 15.2 Å². The van der Waals surface area contributed by atoms with Crippen molar-refractivity contribution in [3.8, 4) is 11.5 Å². The molecule has 0 saturated carbocycles. The van der Waals surface area contributed by atoms with Crippen LogP contribution in [-0.4, -0.2) is 33.0 Å². The molecule has 7 nitrogen and oxygen atoms in total. The van der Waals surface area contributed by atoms with Gasteiger partial charge in [-0.3, -0.25) is 4.79 Å². The van der Waals surface area contributed by atoms with E-state index in [1.54, 1.807) is 19.2 Å². The first-order valence-corrected chi connectivity index (χ1v) is 9.07. The van der Waals surface area contributed by atoms with Crippen LogP contribution in [0.3, 0.4) is 0 Å². The number of aromatic nitrogens is 4. The van der Waals surface area contributed by atoms with Crippen LogP contribution in [0.4, 0.5) is 14.8 Å². The van der Waals surface area contributed by atoms with E-state index in [0.717, 1.165) is 31.5 Å². The fourth-order valence-corrected chi connectivity index (χ4v) is 3.40. The van der Waals surface area contributed by atoms with Gasteiger partial charge in [0.15, 0.2) is 11.6 Å². The van der Waals surface area contributed by atoms with Gasteiger partial charge in [-0.15, -0.1) is 0 Å². The molecule has 146 valence electrons. The highest BCUT2D eigenvalue weighted by atomic mass is 19.2. The smallest absolute Gasteiger partial charge is 0.324 e. The van der Waals surface area contributed by atoms with Crippen LogP contribution in [0, 0.1) is 17.6 Å². The highest BCUT2D eigenvalue weighted by molar-refractivity contribution is 5.49. The van der Waals surface area contributed by atoms with Crippen LogP contribution in [0.5, 0.6) is 0 Å². The summed E-state index contributed by atoms with van der Waals surface area (Å²) in [4.78, 5) is 17.8. The lowest BCUT2D eigenvalue weighted by Gasteiger charge is -2.30. The monoisotopic (exact) mass is 387 g/mol. The Morgan fingerprint density at radius 3 is 2.64 bits per heavy atom. The van der Waals surface area contributed by atoms with E-state index in [4.69, 9.17) is 4.52 Å². The van der Waals surface area contributed by atoms with Crippen molar-refractivity contribution in [1.29, 1.82) is 0 Å². The molecule has 9 heteroatoms. The summed E-state index contributed by atoms with van der Waals surface area (Å²) in [7, 11) is 1.56. The first kappa shape index (κ1) is 18.3. The van der Waals surface area contributed by atoms with Crippen molar-refractivity contribution in [2.24, 2.45) is 13.0 Å². The van der Waals surface area contributed by atoms with Crippen molar-refractivity contribution in [2.75, 3.05) is 18.0 Å². The van der Waals surface area contributed by atoms with Crippen molar-refractivity contribution in [3.05, 3.63) is 57.9 Å². The van der Waals surface area contributed by atoms with Crippen LogP contribution in [-0.2, 0) is 13.5 Å². The van der Waals surface area contributed by atoms with Gasteiger partial charge in [-0.25, -0.2) is 13.5 Å². The number of benzene rings is 1. The minimum absolute atomic E-state index is 0.212. The molecule has 28 heavy (non-hydrogen) atoms. The van der Waals surface area contributed by atoms with Gasteiger partial charge in [-0.1, -0.05) is 11.2 Å². The SMILES string of the molecule is Cn1nc(-c2noc(N3CCC(Cc4ccc(F)c(F)c4)CC3)n2)ccc1=O. The minimum Gasteiger partial charge on any atom is -0.324 e. The summed E-state index contributed by atoms with van der Waals surface area (Å²) in [6.45, 7) is 1.47. The van der Waals surface area contributed by atoms with Crippen molar-refractivity contribution in [2.45, 2.75) is 19.3 Å². The Hall–Kier alpha value is -3.10. The van der Waals surface area contributed by atoms with E-state index in [1.807, 2.05) is 4.90 Å². The summed E-state index contributed by atoms with van der Waals surface area (Å²) in [6.07, 6.45) is 2.48. The van der Waals surface area contributed by atoms with E-state index in [9.17, 15) is 13.6 Å². The highest BCUT2D eigenvalue weighted by Crippen LogP contribution is 2.26. The number of hydrogen-bond acceptors (Lipinski definition) is 6. The fraction of sp³-hybridized carbons (Fsp3) is 0.368. The van der Waals surface area contributed by atoms with Gasteiger partial charge in [-0.2, -0.15) is 10.1 Å². The van der Waals surface area contributed by atoms with Crippen LogP contribution >= 0.6 is 0 Å². The van der Waals surface area contributed by atoms with Gasteiger partial charge < -0.3 is 9.42 Å². The summed E-state index contributed by atoms with van der Waals surface area (Å²) >= 11 is 0. The first-order chi connectivity index (χ1) is 13.5. The Kier molecular flexibility index (Phi) is 4.89. The number of aryl methyl sites for hydroxylation is 1. The van der Waals surface area contributed by atoms with Crippen LogP contribution in [0.1, 0.15) is 18.4 Å². The second kappa shape index (κ2) is 7.49. The van der Waals surface area contributed by atoms with E-state index >= 15 is 0 Å². The maximum atomic E-state index is 13.4. The average Bonchev–Trinajstić information content (AvgIpc) is 3.18. The molecule has 3 aromatic rings. The summed E-state index contributed by atoms with van der Waals surface area (Å²) in [5, 5.41) is 8.07. The van der Waals surface area contributed by atoms with Crippen molar-refractivity contribution in [3.63, 3.8) is 0 Å². The molecular weight excluding hydrogens is 368 g/mol. The van der Waals surface area contributed by atoms with Gasteiger partial charge >= 0.3 is 6.01 Å². The second-order valence-electron chi connectivity index (χ2n) is 6.96. The molecule has 1 fully saturated rings. The van der Waals surface area contributed by atoms with Gasteiger partial charge in [0.1, 0.15) is 5.69 Å². The fourth-order valence-electron chi connectivity index (χ4n) is 3.40. The quantitative estimate of drug-likeness (QED) is 0.685. The second-order valence-corrected chi connectivity index (χ2v) is 6.96. The Labute approximate surface area is 159 Å². The number of halogens is 2. The van der Waals surface area contributed by atoms with E-state index in [1.165, 1.54) is 22.9 Å². The molecule has 0 spiro atoms. The molecule has 1 saturated heterocycles. The van der Waals surface area contributed by atoms with Crippen molar-refractivity contribution >= 4 is 6.01 Å². The lowest BCUT2D eigenvalue weighted by atomic mass is 9.90. The highest BCUT2D eigenvalue weighted by Gasteiger charge is 2.24. The number of anilines is 1. The lowest BCUT2D eigenvalue weighted by Crippen LogP contribution is -2.34. The number of nitrogens with zero attached hydrogens (tertiary/aromatic N) is 5. The third-order valence-electron chi connectivity index (χ3n) is 5.00. The molecule has 1 aliphatic heterocycles. The van der Waals surface area contributed by atoms with Crippen LogP contribution < -0.4 is 10.5 Å². The average molecular weight is 387 g/mol. The summed E-state index contributed by atoms with van der Waals surface area (Å²) < 4.78 is 33.0. The third-order valence-corrected chi connectivity index (χ3v) is 5.00. The largest absolute Gasteiger partial charge is 0.324 e. The van der Waals surface area contributed by atoms with Crippen LogP contribution in [0.15, 0.2) is 39.6 Å². The summed E-state index contributed by atoms with van der Waals surface area (Å²) in [6, 6.07) is 7.46. The molecule has 0 radical (unpaired) electrons. The van der Waals surface area contributed by atoms with Crippen LogP contribution in [0.25, 0.3) is 11.5 Å². The molecule has 1 aromatic carbocycles. The van der Waals surface area contributed by atoms with Crippen molar-refractivity contribution < 1.29 is 13.3 Å². The molecule has 0 amide bonds. The molecule has 0 aliphatic carbocycles. The number of hydrogen-bond donors (Lipinski definition) is 0. The van der Waals surface area contributed by atoms with Gasteiger partial charge in [0, 0.05) is 26.2 Å². The van der Waals surface area contributed by atoms with E-state index in [-0.39, 0.29) is 5.56 Å². The molecule has 0 N–H and O–H groups in total. The molecule has 2 aromatic heterocycles.